The van der Waals surface area contributed by atoms with E-state index in [9.17, 15) is 4.79 Å². The molecule has 2 unspecified atom stereocenters. The highest BCUT2D eigenvalue weighted by atomic mass is 16.2. The number of aryl methyl sites for hydroxylation is 1. The fourth-order valence-electron chi connectivity index (χ4n) is 2.26. The molecule has 2 N–H and O–H groups in total. The Labute approximate surface area is 103 Å². The number of piperidine rings is 1. The summed E-state index contributed by atoms with van der Waals surface area (Å²) in [6.45, 7) is 5.16. The maximum absolute atomic E-state index is 12.1. The van der Waals surface area contributed by atoms with Crippen molar-refractivity contribution in [2.45, 2.75) is 32.7 Å². The van der Waals surface area contributed by atoms with Crippen LogP contribution >= 0.6 is 0 Å². The molecular formula is C14H20N2O. The number of rotatable bonds is 2. The first-order valence-corrected chi connectivity index (χ1v) is 6.26. The average molecular weight is 232 g/mol. The maximum atomic E-state index is 12.1. The molecule has 2 atom stereocenters. The summed E-state index contributed by atoms with van der Waals surface area (Å²) >= 11 is 0. The minimum atomic E-state index is -0.0423. The predicted octanol–water partition coefficient (Wildman–Crippen LogP) is 2.32. The van der Waals surface area contributed by atoms with Gasteiger partial charge in [-0.15, -0.1) is 0 Å². The van der Waals surface area contributed by atoms with Crippen molar-refractivity contribution in [3.8, 4) is 0 Å². The lowest BCUT2D eigenvalue weighted by molar-refractivity contribution is -0.119. The van der Waals surface area contributed by atoms with Crippen LogP contribution in [0.5, 0.6) is 0 Å². The van der Waals surface area contributed by atoms with E-state index in [2.05, 4.69) is 17.6 Å². The van der Waals surface area contributed by atoms with Crippen LogP contribution < -0.4 is 10.6 Å². The normalized spacial score (nSPS) is 24.4. The van der Waals surface area contributed by atoms with Crippen LogP contribution in [0.1, 0.15) is 25.3 Å². The van der Waals surface area contributed by atoms with E-state index in [1.165, 1.54) is 0 Å². The Morgan fingerprint density at radius 3 is 3.00 bits per heavy atom. The molecule has 0 aliphatic carbocycles. The van der Waals surface area contributed by atoms with Crippen molar-refractivity contribution < 1.29 is 4.79 Å². The molecule has 1 amide bonds. The lowest BCUT2D eigenvalue weighted by atomic mass is 9.94. The summed E-state index contributed by atoms with van der Waals surface area (Å²) in [5, 5.41) is 6.24. The Bertz CT molecular complexity index is 403. The number of amides is 1. The number of benzene rings is 1. The van der Waals surface area contributed by atoms with Crippen molar-refractivity contribution >= 4 is 11.6 Å². The van der Waals surface area contributed by atoms with Gasteiger partial charge < -0.3 is 10.6 Å². The van der Waals surface area contributed by atoms with Crippen LogP contribution in [0.3, 0.4) is 0 Å². The topological polar surface area (TPSA) is 41.1 Å². The van der Waals surface area contributed by atoms with Gasteiger partial charge in [0.15, 0.2) is 0 Å². The summed E-state index contributed by atoms with van der Waals surface area (Å²) in [6, 6.07) is 7.86. The van der Waals surface area contributed by atoms with Crippen molar-refractivity contribution in [1.29, 1.82) is 0 Å². The molecule has 3 heteroatoms. The third kappa shape index (κ3) is 3.30. The van der Waals surface area contributed by atoms with Crippen molar-refractivity contribution in [3.05, 3.63) is 29.8 Å². The van der Waals surface area contributed by atoms with Gasteiger partial charge in [-0.3, -0.25) is 4.79 Å². The van der Waals surface area contributed by atoms with Crippen LogP contribution in [-0.4, -0.2) is 18.5 Å². The van der Waals surface area contributed by atoms with Crippen LogP contribution in [0, 0.1) is 12.8 Å². The Balaban J connectivity index is 1.96. The number of hydrogen-bond donors (Lipinski definition) is 2. The van der Waals surface area contributed by atoms with Gasteiger partial charge in [0.25, 0.3) is 0 Å². The molecular weight excluding hydrogens is 212 g/mol. The van der Waals surface area contributed by atoms with Crippen LogP contribution in [0.15, 0.2) is 24.3 Å². The van der Waals surface area contributed by atoms with Crippen LogP contribution in [0.4, 0.5) is 5.69 Å². The Morgan fingerprint density at radius 2 is 2.29 bits per heavy atom. The number of hydrogen-bond acceptors (Lipinski definition) is 2. The molecule has 1 aromatic rings. The quantitative estimate of drug-likeness (QED) is 0.821. The molecule has 0 radical (unpaired) electrons. The molecule has 2 rings (SSSR count). The highest BCUT2D eigenvalue weighted by Crippen LogP contribution is 2.17. The van der Waals surface area contributed by atoms with Gasteiger partial charge in [-0.1, -0.05) is 19.1 Å². The maximum Gasteiger partial charge on any atom is 0.241 e. The molecule has 17 heavy (non-hydrogen) atoms. The second-order valence-electron chi connectivity index (χ2n) is 4.99. The summed E-state index contributed by atoms with van der Waals surface area (Å²) < 4.78 is 0. The Kier molecular flexibility index (Phi) is 3.79. The molecule has 1 aliphatic rings. The minimum absolute atomic E-state index is 0.0423. The van der Waals surface area contributed by atoms with E-state index in [1.807, 2.05) is 31.2 Å². The Hall–Kier alpha value is -1.35. The summed E-state index contributed by atoms with van der Waals surface area (Å²) in [7, 11) is 0. The lowest BCUT2D eigenvalue weighted by Crippen LogP contribution is -2.45. The summed E-state index contributed by atoms with van der Waals surface area (Å²) in [4.78, 5) is 12.1. The van der Waals surface area contributed by atoms with Crippen molar-refractivity contribution in [3.63, 3.8) is 0 Å². The standard InChI is InChI=1S/C14H20N2O/c1-10-4-3-5-12(8-10)16-14(17)13-9-11(2)6-7-15-13/h3-5,8,11,13,15H,6-7,9H2,1-2H3,(H,16,17). The monoisotopic (exact) mass is 232 g/mol. The van der Waals surface area contributed by atoms with Gasteiger partial charge in [-0.05, 0) is 49.9 Å². The van der Waals surface area contributed by atoms with E-state index in [1.54, 1.807) is 0 Å². The first-order chi connectivity index (χ1) is 8.15. The van der Waals surface area contributed by atoms with Gasteiger partial charge in [0.2, 0.25) is 5.91 Å². The Morgan fingerprint density at radius 1 is 1.47 bits per heavy atom. The molecule has 0 spiro atoms. The third-order valence-corrected chi connectivity index (χ3v) is 3.27. The van der Waals surface area contributed by atoms with Gasteiger partial charge in [-0.25, -0.2) is 0 Å². The third-order valence-electron chi connectivity index (χ3n) is 3.27. The molecule has 0 bridgehead atoms. The molecule has 1 heterocycles. The highest BCUT2D eigenvalue weighted by molar-refractivity contribution is 5.94. The van der Waals surface area contributed by atoms with E-state index in [0.717, 1.165) is 30.6 Å². The molecule has 0 saturated carbocycles. The second kappa shape index (κ2) is 5.32. The molecule has 1 saturated heterocycles. The second-order valence-corrected chi connectivity index (χ2v) is 4.99. The zero-order valence-electron chi connectivity index (χ0n) is 10.5. The largest absolute Gasteiger partial charge is 0.325 e. The van der Waals surface area contributed by atoms with Crippen molar-refractivity contribution in [2.24, 2.45) is 5.92 Å². The molecule has 3 nitrogen and oxygen atoms in total. The van der Waals surface area contributed by atoms with Crippen LogP contribution in [-0.2, 0) is 4.79 Å². The smallest absolute Gasteiger partial charge is 0.241 e. The summed E-state index contributed by atoms with van der Waals surface area (Å²) in [6.07, 6.45) is 2.09. The van der Waals surface area contributed by atoms with Gasteiger partial charge >= 0.3 is 0 Å². The van der Waals surface area contributed by atoms with Crippen molar-refractivity contribution in [2.75, 3.05) is 11.9 Å². The highest BCUT2D eigenvalue weighted by Gasteiger charge is 2.24. The van der Waals surface area contributed by atoms with Crippen LogP contribution in [0.25, 0.3) is 0 Å². The molecule has 92 valence electrons. The minimum Gasteiger partial charge on any atom is -0.325 e. The van der Waals surface area contributed by atoms with Gasteiger partial charge in [0, 0.05) is 5.69 Å². The van der Waals surface area contributed by atoms with Gasteiger partial charge in [0.1, 0.15) is 0 Å². The van der Waals surface area contributed by atoms with Crippen LogP contribution in [0.2, 0.25) is 0 Å². The van der Waals surface area contributed by atoms with Gasteiger partial charge in [0.05, 0.1) is 6.04 Å². The van der Waals surface area contributed by atoms with E-state index in [0.29, 0.717) is 5.92 Å². The lowest BCUT2D eigenvalue weighted by Gasteiger charge is -2.27. The molecule has 1 aliphatic heterocycles. The number of anilines is 1. The van der Waals surface area contributed by atoms with Crippen molar-refractivity contribution in [1.82, 2.24) is 5.32 Å². The molecule has 0 aromatic heterocycles. The zero-order valence-corrected chi connectivity index (χ0v) is 10.5. The van der Waals surface area contributed by atoms with E-state index in [-0.39, 0.29) is 11.9 Å². The molecule has 1 aromatic carbocycles. The number of carbonyl (C=O) groups excluding carboxylic acids is 1. The number of carbonyl (C=O) groups is 1. The van der Waals surface area contributed by atoms with Gasteiger partial charge in [-0.2, -0.15) is 0 Å². The summed E-state index contributed by atoms with van der Waals surface area (Å²) in [5.74, 6) is 0.714. The first kappa shape index (κ1) is 12.1. The first-order valence-electron chi connectivity index (χ1n) is 6.26. The van der Waals surface area contributed by atoms with E-state index >= 15 is 0 Å². The predicted molar refractivity (Wildman–Crippen MR) is 70.0 cm³/mol. The number of nitrogens with one attached hydrogen (secondary N) is 2. The van der Waals surface area contributed by atoms with E-state index in [4.69, 9.17) is 0 Å². The molecule has 1 fully saturated rings. The summed E-state index contributed by atoms with van der Waals surface area (Å²) in [5.41, 5.74) is 2.04. The fourth-order valence-corrected chi connectivity index (χ4v) is 2.26. The zero-order chi connectivity index (χ0) is 12.3. The fraction of sp³-hybridized carbons (Fsp3) is 0.500. The SMILES string of the molecule is Cc1cccc(NC(=O)C2CC(C)CCN2)c1. The average Bonchev–Trinajstić information content (AvgIpc) is 2.29. The van der Waals surface area contributed by atoms with E-state index < -0.39 is 0 Å².